The van der Waals surface area contributed by atoms with Crippen LogP contribution in [0.3, 0.4) is 0 Å². The molecule has 1 rings (SSSR count). The summed E-state index contributed by atoms with van der Waals surface area (Å²) in [5.74, 6) is -0.611. The highest BCUT2D eigenvalue weighted by molar-refractivity contribution is 7.98. The van der Waals surface area contributed by atoms with Gasteiger partial charge in [0.15, 0.2) is 0 Å². The Morgan fingerprint density at radius 1 is 1.39 bits per heavy atom. The highest BCUT2D eigenvalue weighted by atomic mass is 32.2. The Morgan fingerprint density at radius 2 is 2.11 bits per heavy atom. The number of phenols is 1. The number of phenolic OH excluding ortho intramolecular Hbond substituents is 1. The molecule has 0 fully saturated rings. The quantitative estimate of drug-likeness (QED) is 0.481. The lowest BCUT2D eigenvalue weighted by Gasteiger charge is -2.09. The SMILES string of the molecule is CSCCNC(=O)Nc1ccc(O)cc1C(=O)O. The Balaban J connectivity index is 2.72. The van der Waals surface area contributed by atoms with Crippen LogP contribution in [-0.2, 0) is 0 Å². The van der Waals surface area contributed by atoms with E-state index in [-0.39, 0.29) is 17.0 Å². The van der Waals surface area contributed by atoms with Crippen molar-refractivity contribution in [1.29, 1.82) is 0 Å². The van der Waals surface area contributed by atoms with Crippen LogP contribution in [-0.4, -0.2) is 40.8 Å². The Kier molecular flexibility index (Phi) is 5.31. The molecule has 0 aliphatic carbocycles. The Hall–Kier alpha value is -1.89. The molecule has 0 saturated carbocycles. The molecule has 4 N–H and O–H groups in total. The van der Waals surface area contributed by atoms with Crippen LogP contribution in [0, 0.1) is 0 Å². The van der Waals surface area contributed by atoms with E-state index in [4.69, 9.17) is 5.11 Å². The molecule has 0 aromatic heterocycles. The van der Waals surface area contributed by atoms with Crippen molar-refractivity contribution in [3.63, 3.8) is 0 Å². The van der Waals surface area contributed by atoms with Crippen molar-refractivity contribution in [2.45, 2.75) is 0 Å². The van der Waals surface area contributed by atoms with Crippen LogP contribution >= 0.6 is 11.8 Å². The van der Waals surface area contributed by atoms with Gasteiger partial charge in [0.2, 0.25) is 0 Å². The van der Waals surface area contributed by atoms with Crippen LogP contribution in [0.1, 0.15) is 10.4 Å². The number of rotatable bonds is 5. The van der Waals surface area contributed by atoms with Gasteiger partial charge in [0.25, 0.3) is 0 Å². The lowest BCUT2D eigenvalue weighted by Crippen LogP contribution is -2.31. The fourth-order valence-electron chi connectivity index (χ4n) is 1.25. The number of carboxylic acid groups (broad SMARTS) is 1. The van der Waals surface area contributed by atoms with E-state index in [1.165, 1.54) is 12.1 Å². The van der Waals surface area contributed by atoms with Crippen LogP contribution in [0.2, 0.25) is 0 Å². The summed E-state index contributed by atoms with van der Waals surface area (Å²) < 4.78 is 0. The third kappa shape index (κ3) is 4.17. The van der Waals surface area contributed by atoms with E-state index in [2.05, 4.69) is 10.6 Å². The normalized spacial score (nSPS) is 9.83. The number of benzene rings is 1. The number of carbonyl (C=O) groups excluding carboxylic acids is 1. The molecule has 0 aliphatic heterocycles. The van der Waals surface area contributed by atoms with E-state index in [1.807, 2.05) is 6.26 Å². The van der Waals surface area contributed by atoms with Crippen molar-refractivity contribution in [2.75, 3.05) is 23.9 Å². The number of hydrogen-bond acceptors (Lipinski definition) is 4. The summed E-state index contributed by atoms with van der Waals surface area (Å²) in [5, 5.41) is 23.1. The first kappa shape index (κ1) is 14.2. The topological polar surface area (TPSA) is 98.7 Å². The molecule has 0 unspecified atom stereocenters. The van der Waals surface area contributed by atoms with Gasteiger partial charge in [0, 0.05) is 12.3 Å². The molecule has 7 heteroatoms. The number of thioether (sulfide) groups is 1. The van der Waals surface area contributed by atoms with Crippen molar-refractivity contribution >= 4 is 29.4 Å². The number of amides is 2. The average Bonchev–Trinajstić information content (AvgIpc) is 2.31. The van der Waals surface area contributed by atoms with E-state index >= 15 is 0 Å². The zero-order valence-electron chi connectivity index (χ0n) is 9.77. The minimum atomic E-state index is -1.22. The summed E-state index contributed by atoms with van der Waals surface area (Å²) >= 11 is 1.59. The average molecular weight is 270 g/mol. The predicted molar refractivity (Wildman–Crippen MR) is 70.5 cm³/mol. The molecule has 6 nitrogen and oxygen atoms in total. The van der Waals surface area contributed by atoms with Crippen LogP contribution in [0.4, 0.5) is 10.5 Å². The summed E-state index contributed by atoms with van der Waals surface area (Å²) in [5.41, 5.74) is -0.0167. The first-order valence-corrected chi connectivity index (χ1v) is 6.54. The fraction of sp³-hybridized carbons (Fsp3) is 0.273. The number of urea groups is 1. The second-order valence-corrected chi connectivity index (χ2v) is 4.39. The number of carboxylic acids is 1. The van der Waals surface area contributed by atoms with Crippen molar-refractivity contribution < 1.29 is 19.8 Å². The maximum Gasteiger partial charge on any atom is 0.337 e. The monoisotopic (exact) mass is 270 g/mol. The maximum atomic E-state index is 11.5. The second kappa shape index (κ2) is 6.75. The Labute approximate surface area is 108 Å². The summed E-state index contributed by atoms with van der Waals surface area (Å²) in [6.07, 6.45) is 1.92. The molecule has 0 heterocycles. The summed E-state index contributed by atoms with van der Waals surface area (Å²) in [6.45, 7) is 0.494. The molecule has 98 valence electrons. The number of aromatic hydroxyl groups is 1. The van der Waals surface area contributed by atoms with Gasteiger partial charge in [-0.15, -0.1) is 0 Å². The minimum absolute atomic E-state index is 0.141. The molecule has 0 radical (unpaired) electrons. The van der Waals surface area contributed by atoms with Gasteiger partial charge in [0.1, 0.15) is 5.75 Å². The molecular weight excluding hydrogens is 256 g/mol. The fourth-order valence-corrected chi connectivity index (χ4v) is 1.56. The van der Waals surface area contributed by atoms with Crippen LogP contribution < -0.4 is 10.6 Å². The van der Waals surface area contributed by atoms with Gasteiger partial charge in [-0.2, -0.15) is 11.8 Å². The van der Waals surface area contributed by atoms with Crippen LogP contribution in [0.25, 0.3) is 0 Å². The molecule has 0 atom stereocenters. The zero-order chi connectivity index (χ0) is 13.5. The van der Waals surface area contributed by atoms with Crippen molar-refractivity contribution in [3.8, 4) is 5.75 Å². The largest absolute Gasteiger partial charge is 0.508 e. The van der Waals surface area contributed by atoms with Crippen molar-refractivity contribution in [3.05, 3.63) is 23.8 Å². The first-order valence-electron chi connectivity index (χ1n) is 5.14. The smallest absolute Gasteiger partial charge is 0.337 e. The van der Waals surface area contributed by atoms with E-state index in [0.717, 1.165) is 11.8 Å². The van der Waals surface area contributed by atoms with Crippen LogP contribution in [0.15, 0.2) is 18.2 Å². The van der Waals surface area contributed by atoms with Crippen LogP contribution in [0.5, 0.6) is 5.75 Å². The molecule has 0 aliphatic rings. The van der Waals surface area contributed by atoms with Crippen molar-refractivity contribution in [1.82, 2.24) is 5.32 Å². The number of hydrogen-bond donors (Lipinski definition) is 4. The lowest BCUT2D eigenvalue weighted by molar-refractivity contribution is 0.0697. The number of carbonyl (C=O) groups is 2. The molecule has 0 spiro atoms. The molecule has 2 amide bonds. The number of aromatic carboxylic acids is 1. The molecule has 1 aromatic carbocycles. The van der Waals surface area contributed by atoms with Gasteiger partial charge < -0.3 is 20.8 Å². The van der Waals surface area contributed by atoms with E-state index in [9.17, 15) is 14.7 Å². The number of anilines is 1. The third-order valence-electron chi connectivity index (χ3n) is 2.07. The highest BCUT2D eigenvalue weighted by Crippen LogP contribution is 2.21. The van der Waals surface area contributed by atoms with Gasteiger partial charge in [-0.1, -0.05) is 0 Å². The van der Waals surface area contributed by atoms with Gasteiger partial charge >= 0.3 is 12.0 Å². The van der Waals surface area contributed by atoms with E-state index in [0.29, 0.717) is 6.54 Å². The molecule has 18 heavy (non-hydrogen) atoms. The van der Waals surface area contributed by atoms with E-state index in [1.54, 1.807) is 11.8 Å². The van der Waals surface area contributed by atoms with E-state index < -0.39 is 12.0 Å². The van der Waals surface area contributed by atoms with Gasteiger partial charge in [-0.05, 0) is 24.5 Å². The predicted octanol–water partition coefficient (Wildman–Crippen LogP) is 1.57. The third-order valence-corrected chi connectivity index (χ3v) is 2.69. The lowest BCUT2D eigenvalue weighted by atomic mass is 10.1. The standard InChI is InChI=1S/C11H14N2O4S/c1-18-5-4-12-11(17)13-9-3-2-7(14)6-8(9)10(15)16/h2-3,6,14H,4-5H2,1H3,(H,15,16)(H2,12,13,17). The highest BCUT2D eigenvalue weighted by Gasteiger charge is 2.12. The van der Waals surface area contributed by atoms with Gasteiger partial charge in [0.05, 0.1) is 11.3 Å². The number of nitrogens with one attached hydrogen (secondary N) is 2. The first-order chi connectivity index (χ1) is 8.54. The molecule has 0 saturated heterocycles. The Morgan fingerprint density at radius 3 is 2.72 bits per heavy atom. The molecular formula is C11H14N2O4S. The molecule has 1 aromatic rings. The summed E-state index contributed by atoms with van der Waals surface area (Å²) in [7, 11) is 0. The zero-order valence-corrected chi connectivity index (χ0v) is 10.6. The summed E-state index contributed by atoms with van der Waals surface area (Å²) in [4.78, 5) is 22.4. The Bertz CT molecular complexity index is 451. The van der Waals surface area contributed by atoms with Gasteiger partial charge in [-0.3, -0.25) is 0 Å². The summed E-state index contributed by atoms with van der Waals surface area (Å²) in [6, 6.07) is 3.26. The second-order valence-electron chi connectivity index (χ2n) is 3.41. The van der Waals surface area contributed by atoms with Gasteiger partial charge in [-0.25, -0.2) is 9.59 Å². The minimum Gasteiger partial charge on any atom is -0.508 e. The maximum absolute atomic E-state index is 11.5. The van der Waals surface area contributed by atoms with Crippen molar-refractivity contribution in [2.24, 2.45) is 0 Å². The molecule has 0 bridgehead atoms.